The van der Waals surface area contributed by atoms with Crippen molar-refractivity contribution < 1.29 is 18.7 Å². The van der Waals surface area contributed by atoms with Crippen LogP contribution >= 0.6 is 11.8 Å². The first-order chi connectivity index (χ1) is 15.9. The number of nitrogens with zero attached hydrogens (tertiary/aromatic N) is 3. The summed E-state index contributed by atoms with van der Waals surface area (Å²) in [7, 11) is 0. The van der Waals surface area contributed by atoms with Gasteiger partial charge in [-0.15, -0.1) is 10.2 Å². The normalized spacial score (nSPS) is 10.8. The largest absolute Gasteiger partial charge is 0.494 e. The Kier molecular flexibility index (Phi) is 8.42. The molecule has 3 rings (SSSR count). The predicted molar refractivity (Wildman–Crippen MR) is 125 cm³/mol. The highest BCUT2D eigenvalue weighted by molar-refractivity contribution is 7.99. The molecule has 0 aliphatic carbocycles. The van der Waals surface area contributed by atoms with Crippen molar-refractivity contribution in [2.24, 2.45) is 5.92 Å². The van der Waals surface area contributed by atoms with Gasteiger partial charge in [0, 0.05) is 12.1 Å². The highest BCUT2D eigenvalue weighted by Crippen LogP contribution is 2.30. The van der Waals surface area contributed by atoms with Gasteiger partial charge in [-0.25, -0.2) is 9.18 Å². The minimum absolute atomic E-state index is 0.0923. The summed E-state index contributed by atoms with van der Waals surface area (Å²) in [4.78, 5) is 24.0. The second-order valence-corrected chi connectivity index (χ2v) is 8.43. The number of amides is 3. The number of ether oxygens (including phenoxy) is 1. The van der Waals surface area contributed by atoms with E-state index >= 15 is 0 Å². The number of nitrogens with one attached hydrogen (secondary N) is 2. The third-order valence-electron chi connectivity index (χ3n) is 4.41. The second kappa shape index (κ2) is 11.5. The van der Waals surface area contributed by atoms with Gasteiger partial charge in [0.25, 0.3) is 0 Å². The van der Waals surface area contributed by atoms with Crippen LogP contribution in [0.4, 0.5) is 9.18 Å². The van der Waals surface area contributed by atoms with E-state index < -0.39 is 17.8 Å². The summed E-state index contributed by atoms with van der Waals surface area (Å²) in [6.07, 6.45) is 0. The average Bonchev–Trinajstić information content (AvgIpc) is 3.21. The molecule has 33 heavy (non-hydrogen) atoms. The smallest absolute Gasteiger partial charge is 0.321 e. The summed E-state index contributed by atoms with van der Waals surface area (Å²) < 4.78 is 21.7. The number of hydrogen-bond acceptors (Lipinski definition) is 6. The van der Waals surface area contributed by atoms with Crippen molar-refractivity contribution in [2.75, 3.05) is 18.9 Å². The van der Waals surface area contributed by atoms with Gasteiger partial charge < -0.3 is 10.1 Å². The number of halogens is 1. The van der Waals surface area contributed by atoms with E-state index in [0.717, 1.165) is 11.8 Å². The molecule has 3 amide bonds. The molecule has 174 valence electrons. The Morgan fingerprint density at radius 3 is 2.52 bits per heavy atom. The number of imide groups is 1. The number of carbonyl (C=O) groups is 2. The molecule has 0 atom stereocenters. The molecule has 0 unspecified atom stereocenters. The molecule has 0 aliphatic rings. The summed E-state index contributed by atoms with van der Waals surface area (Å²) in [6.45, 7) is 6.81. The monoisotopic (exact) mass is 471 g/mol. The van der Waals surface area contributed by atoms with Gasteiger partial charge in [0.2, 0.25) is 5.91 Å². The average molecular weight is 472 g/mol. The zero-order valence-corrected chi connectivity index (χ0v) is 19.5. The molecule has 1 aromatic heterocycles. The summed E-state index contributed by atoms with van der Waals surface area (Å²) in [5.74, 6) is 0.350. The maximum absolute atomic E-state index is 14.7. The van der Waals surface area contributed by atoms with Gasteiger partial charge in [-0.2, -0.15) is 0 Å². The molecule has 0 spiro atoms. The van der Waals surface area contributed by atoms with Crippen LogP contribution < -0.4 is 15.4 Å². The molecule has 0 saturated carbocycles. The van der Waals surface area contributed by atoms with Gasteiger partial charge in [-0.05, 0) is 49.2 Å². The van der Waals surface area contributed by atoms with Gasteiger partial charge in [0.1, 0.15) is 11.6 Å². The van der Waals surface area contributed by atoms with E-state index in [1.54, 1.807) is 34.9 Å². The third-order valence-corrected chi connectivity index (χ3v) is 5.34. The van der Waals surface area contributed by atoms with Crippen LogP contribution in [0.15, 0.2) is 53.7 Å². The van der Waals surface area contributed by atoms with E-state index in [-0.39, 0.29) is 17.4 Å². The summed E-state index contributed by atoms with van der Waals surface area (Å²) in [5.41, 5.74) is 0.961. The Hall–Kier alpha value is -3.40. The van der Waals surface area contributed by atoms with Crippen molar-refractivity contribution >= 4 is 23.7 Å². The van der Waals surface area contributed by atoms with E-state index in [2.05, 4.69) is 20.8 Å². The van der Waals surface area contributed by atoms with Crippen LogP contribution in [0.1, 0.15) is 20.8 Å². The summed E-state index contributed by atoms with van der Waals surface area (Å²) >= 11 is 1.06. The zero-order chi connectivity index (χ0) is 23.8. The van der Waals surface area contributed by atoms with Gasteiger partial charge in [-0.1, -0.05) is 37.7 Å². The molecule has 3 aromatic rings. The van der Waals surface area contributed by atoms with Crippen LogP contribution in [0.2, 0.25) is 0 Å². The fraction of sp³-hybridized carbons (Fsp3) is 0.304. The molecular weight excluding hydrogens is 445 g/mol. The Labute approximate surface area is 195 Å². The molecule has 2 N–H and O–H groups in total. The van der Waals surface area contributed by atoms with Crippen molar-refractivity contribution in [2.45, 2.75) is 25.9 Å². The van der Waals surface area contributed by atoms with Crippen LogP contribution in [-0.4, -0.2) is 45.6 Å². The van der Waals surface area contributed by atoms with Crippen molar-refractivity contribution in [3.05, 3.63) is 54.3 Å². The molecule has 0 bridgehead atoms. The Bertz CT molecular complexity index is 1100. The number of rotatable bonds is 9. The van der Waals surface area contributed by atoms with Crippen LogP contribution in [0.5, 0.6) is 5.75 Å². The van der Waals surface area contributed by atoms with Crippen LogP contribution in [0, 0.1) is 11.7 Å². The van der Waals surface area contributed by atoms with Crippen LogP contribution in [0.25, 0.3) is 17.1 Å². The Balaban J connectivity index is 1.83. The SMILES string of the molecule is CCOc1ccc(-c2nnc(SCC(=O)NC(=O)NCC(C)C)n2-c2ccccc2F)cc1. The first kappa shape index (κ1) is 24.2. The van der Waals surface area contributed by atoms with Gasteiger partial charge in [-0.3, -0.25) is 14.7 Å². The zero-order valence-electron chi connectivity index (χ0n) is 18.7. The lowest BCUT2D eigenvalue weighted by atomic mass is 10.2. The lowest BCUT2D eigenvalue weighted by Crippen LogP contribution is -2.41. The molecule has 0 fully saturated rings. The van der Waals surface area contributed by atoms with E-state index in [0.29, 0.717) is 35.4 Å². The van der Waals surface area contributed by atoms with Crippen LogP contribution in [0.3, 0.4) is 0 Å². The predicted octanol–water partition coefficient (Wildman–Crippen LogP) is 4.05. The maximum atomic E-state index is 14.7. The first-order valence-corrected chi connectivity index (χ1v) is 11.5. The summed E-state index contributed by atoms with van der Waals surface area (Å²) in [6, 6.07) is 12.9. The highest BCUT2D eigenvalue weighted by atomic mass is 32.2. The van der Waals surface area contributed by atoms with Crippen molar-refractivity contribution in [3.63, 3.8) is 0 Å². The van der Waals surface area contributed by atoms with Crippen molar-refractivity contribution in [1.82, 2.24) is 25.4 Å². The maximum Gasteiger partial charge on any atom is 0.321 e. The number of urea groups is 1. The number of benzene rings is 2. The quantitative estimate of drug-likeness (QED) is 0.457. The van der Waals surface area contributed by atoms with E-state index in [1.165, 1.54) is 6.07 Å². The number of hydrogen-bond donors (Lipinski definition) is 2. The first-order valence-electron chi connectivity index (χ1n) is 10.5. The number of carbonyl (C=O) groups excluding carboxylic acids is 2. The minimum Gasteiger partial charge on any atom is -0.494 e. The number of para-hydroxylation sites is 1. The molecule has 2 aromatic carbocycles. The highest BCUT2D eigenvalue weighted by Gasteiger charge is 2.20. The molecular formula is C23H26FN5O3S. The molecule has 1 heterocycles. The minimum atomic E-state index is -0.556. The molecule has 0 saturated heterocycles. The molecule has 0 aliphatic heterocycles. The molecule has 10 heteroatoms. The fourth-order valence-corrected chi connectivity index (χ4v) is 3.65. The van der Waals surface area contributed by atoms with Crippen LogP contribution in [-0.2, 0) is 4.79 Å². The van der Waals surface area contributed by atoms with Gasteiger partial charge >= 0.3 is 6.03 Å². The molecule has 8 nitrogen and oxygen atoms in total. The fourth-order valence-electron chi connectivity index (χ4n) is 2.90. The summed E-state index contributed by atoms with van der Waals surface area (Å²) in [5, 5.41) is 13.6. The van der Waals surface area contributed by atoms with E-state index in [9.17, 15) is 14.0 Å². The topological polar surface area (TPSA) is 98.1 Å². The van der Waals surface area contributed by atoms with Crippen molar-refractivity contribution in [1.29, 1.82) is 0 Å². The second-order valence-electron chi connectivity index (χ2n) is 7.49. The van der Waals surface area contributed by atoms with Gasteiger partial charge in [0.15, 0.2) is 11.0 Å². The third kappa shape index (κ3) is 6.55. The van der Waals surface area contributed by atoms with Gasteiger partial charge in [0.05, 0.1) is 18.0 Å². The molecule has 0 radical (unpaired) electrons. The number of aromatic nitrogens is 3. The lowest BCUT2D eigenvalue weighted by molar-refractivity contribution is -0.117. The lowest BCUT2D eigenvalue weighted by Gasteiger charge is -2.12. The van der Waals surface area contributed by atoms with Crippen molar-refractivity contribution in [3.8, 4) is 22.8 Å². The Morgan fingerprint density at radius 2 is 1.85 bits per heavy atom. The number of thioether (sulfide) groups is 1. The van der Waals surface area contributed by atoms with E-state index in [1.807, 2.05) is 32.9 Å². The standard InChI is InChI=1S/C23H26FN5O3S/c1-4-32-17-11-9-16(10-12-17)21-27-28-23(29(21)19-8-6-5-7-18(19)24)33-14-20(30)26-22(31)25-13-15(2)3/h5-12,15H,4,13-14H2,1-3H3,(H2,25,26,30,31). The van der Waals surface area contributed by atoms with E-state index in [4.69, 9.17) is 4.74 Å². The Morgan fingerprint density at radius 1 is 1.12 bits per heavy atom.